The van der Waals surface area contributed by atoms with Crippen LogP contribution < -0.4 is 0 Å². The lowest BCUT2D eigenvalue weighted by Gasteiger charge is -2.48. The van der Waals surface area contributed by atoms with E-state index in [4.69, 9.17) is 0 Å². The van der Waals surface area contributed by atoms with E-state index in [0.717, 1.165) is 74.8 Å². The third kappa shape index (κ3) is 3.79. The van der Waals surface area contributed by atoms with Gasteiger partial charge in [-0.25, -0.2) is 0 Å². The van der Waals surface area contributed by atoms with E-state index in [1.807, 2.05) is 0 Å². The van der Waals surface area contributed by atoms with Gasteiger partial charge in [0.2, 0.25) is 0 Å². The van der Waals surface area contributed by atoms with Crippen molar-refractivity contribution in [3.05, 3.63) is 0 Å². The molecule has 6 fully saturated rings. The molecule has 5 aliphatic carbocycles. The van der Waals surface area contributed by atoms with Crippen LogP contribution in [0.3, 0.4) is 0 Å². The van der Waals surface area contributed by atoms with Crippen molar-refractivity contribution in [3.8, 4) is 0 Å². The molecule has 0 bridgehead atoms. The highest BCUT2D eigenvalue weighted by Crippen LogP contribution is 2.69. The van der Waals surface area contributed by atoms with Crippen LogP contribution in [0.25, 0.3) is 0 Å². The summed E-state index contributed by atoms with van der Waals surface area (Å²) in [5.41, 5.74) is 2.21. The number of hydrogen-bond donors (Lipinski definition) is 0. The fourth-order valence-corrected chi connectivity index (χ4v) is 22.0. The Morgan fingerprint density at radius 1 is 0.606 bits per heavy atom. The Morgan fingerprint density at radius 2 is 1.27 bits per heavy atom. The summed E-state index contributed by atoms with van der Waals surface area (Å²) in [5, 5.41) is 2.07. The molecular weight excluding hydrogens is 432 g/mol. The van der Waals surface area contributed by atoms with Crippen LogP contribution in [-0.4, -0.2) is 18.6 Å². The molecule has 0 spiro atoms. The summed E-state index contributed by atoms with van der Waals surface area (Å²) in [5.74, 6) is 9.57. The summed E-state index contributed by atoms with van der Waals surface area (Å²) in [4.78, 5) is 0. The molecule has 0 radical (unpaired) electrons. The summed E-state index contributed by atoms with van der Waals surface area (Å²) in [7, 11) is -1.36. The van der Waals surface area contributed by atoms with Gasteiger partial charge in [-0.3, -0.25) is 0 Å². The topological polar surface area (TPSA) is 0 Å². The van der Waals surface area contributed by atoms with Gasteiger partial charge in [0.05, 0.1) is 8.07 Å². The summed E-state index contributed by atoms with van der Waals surface area (Å²) >= 11 is 2.56. The van der Waals surface area contributed by atoms with Crippen LogP contribution in [0.5, 0.6) is 0 Å². The first-order valence-electron chi connectivity index (χ1n) is 15.5. The first-order valence-corrected chi connectivity index (χ1v) is 19.6. The van der Waals surface area contributed by atoms with E-state index in [0.29, 0.717) is 0 Å². The minimum absolute atomic E-state index is 0.987. The van der Waals surface area contributed by atoms with E-state index in [1.54, 1.807) is 51.4 Å². The minimum Gasteiger partial charge on any atom is -0.155 e. The lowest BCUT2D eigenvalue weighted by molar-refractivity contribution is 0.0979. The summed E-state index contributed by atoms with van der Waals surface area (Å²) in [6.07, 6.45) is 20.3. The normalized spacial score (nSPS) is 53.0. The highest BCUT2D eigenvalue weighted by atomic mass is 32.2. The van der Waals surface area contributed by atoms with Crippen molar-refractivity contribution in [2.75, 3.05) is 0 Å². The smallest absolute Gasteiger partial charge is 0.0555 e. The molecule has 12 unspecified atom stereocenters. The molecule has 0 aromatic heterocycles. The van der Waals surface area contributed by atoms with Gasteiger partial charge >= 0.3 is 0 Å². The fourth-order valence-electron chi connectivity index (χ4n) is 12.1. The first-order chi connectivity index (χ1) is 15.9. The monoisotopic (exact) mass is 486 g/mol. The molecule has 0 aromatic carbocycles. The molecule has 12 atom stereocenters. The molecule has 5 saturated carbocycles. The average Bonchev–Trinajstić information content (AvgIpc) is 3.43. The van der Waals surface area contributed by atoms with Crippen molar-refractivity contribution in [1.29, 1.82) is 0 Å². The number of thioether (sulfide) groups is 1. The van der Waals surface area contributed by atoms with Gasteiger partial charge in [-0.05, 0) is 90.0 Å². The average molecular weight is 487 g/mol. The van der Waals surface area contributed by atoms with E-state index in [-0.39, 0.29) is 0 Å². The highest BCUT2D eigenvalue weighted by Gasteiger charge is 2.64. The van der Waals surface area contributed by atoms with Gasteiger partial charge in [0.25, 0.3) is 0 Å². The molecule has 33 heavy (non-hydrogen) atoms. The SMILES string of the molecule is CC1CC2C(C3CCCCC3)CCCC2C1[Si](C)(C)C1C(C)C(C)C2C3CCCCC3SC21. The molecule has 0 N–H and O–H groups in total. The van der Waals surface area contributed by atoms with Crippen molar-refractivity contribution in [2.24, 2.45) is 53.3 Å². The quantitative estimate of drug-likeness (QED) is 0.358. The van der Waals surface area contributed by atoms with Crippen LogP contribution in [0.2, 0.25) is 24.2 Å². The standard InChI is InChI=1S/C31H54SSi/c1-19-18-26-23(22-12-7-6-8-13-22)15-11-16-24(26)30(19)33(4,5)31-21(3)20(2)28-25-14-9-10-17-27(25)32-29(28)31/h19-31H,6-18H2,1-5H3. The van der Waals surface area contributed by atoms with E-state index < -0.39 is 8.07 Å². The zero-order chi connectivity index (χ0) is 22.9. The molecule has 6 rings (SSSR count). The Hall–Kier alpha value is 0.567. The van der Waals surface area contributed by atoms with Crippen molar-refractivity contribution >= 4 is 19.8 Å². The Balaban J connectivity index is 1.26. The lowest BCUT2D eigenvalue weighted by Crippen LogP contribution is -2.47. The Kier molecular flexibility index (Phi) is 6.63. The predicted octanol–water partition coefficient (Wildman–Crippen LogP) is 9.66. The molecule has 6 aliphatic rings. The minimum atomic E-state index is -1.36. The van der Waals surface area contributed by atoms with E-state index in [2.05, 4.69) is 45.6 Å². The van der Waals surface area contributed by atoms with Gasteiger partial charge in [-0.1, -0.05) is 91.7 Å². The maximum absolute atomic E-state index is 2.93. The molecule has 1 heterocycles. The van der Waals surface area contributed by atoms with Crippen molar-refractivity contribution in [2.45, 2.75) is 139 Å². The van der Waals surface area contributed by atoms with Gasteiger partial charge in [-0.2, -0.15) is 11.8 Å². The maximum Gasteiger partial charge on any atom is 0.0555 e. The molecule has 1 saturated heterocycles. The summed E-state index contributed by atoms with van der Waals surface area (Å²) in [6, 6.07) is 0. The lowest BCUT2D eigenvalue weighted by atomic mass is 9.65. The fraction of sp³-hybridized carbons (Fsp3) is 1.00. The predicted molar refractivity (Wildman–Crippen MR) is 149 cm³/mol. The highest BCUT2D eigenvalue weighted by molar-refractivity contribution is 8.01. The van der Waals surface area contributed by atoms with Crippen LogP contribution in [0, 0.1) is 53.3 Å². The van der Waals surface area contributed by atoms with Gasteiger partial charge in [0, 0.05) is 10.5 Å². The molecular formula is C31H54SSi. The zero-order valence-corrected chi connectivity index (χ0v) is 24.4. The van der Waals surface area contributed by atoms with Crippen molar-refractivity contribution in [1.82, 2.24) is 0 Å². The molecule has 2 heteroatoms. The van der Waals surface area contributed by atoms with Crippen LogP contribution in [-0.2, 0) is 0 Å². The van der Waals surface area contributed by atoms with Gasteiger partial charge in [0.1, 0.15) is 0 Å². The second kappa shape index (κ2) is 9.15. The zero-order valence-electron chi connectivity index (χ0n) is 22.6. The van der Waals surface area contributed by atoms with Crippen LogP contribution >= 0.6 is 11.8 Å². The van der Waals surface area contributed by atoms with Crippen LogP contribution in [0.4, 0.5) is 0 Å². The molecule has 0 aromatic rings. The third-order valence-corrected chi connectivity index (χ3v) is 20.6. The second-order valence-electron chi connectivity index (χ2n) is 14.8. The number of fused-ring (bicyclic) bond motifs is 4. The van der Waals surface area contributed by atoms with E-state index in [9.17, 15) is 0 Å². The van der Waals surface area contributed by atoms with Crippen LogP contribution in [0.1, 0.15) is 104 Å². The molecule has 1 aliphatic heterocycles. The van der Waals surface area contributed by atoms with Crippen molar-refractivity contribution in [3.63, 3.8) is 0 Å². The largest absolute Gasteiger partial charge is 0.155 e. The molecule has 0 amide bonds. The Bertz CT molecular complexity index is 697. The number of rotatable bonds is 3. The number of hydrogen-bond acceptors (Lipinski definition) is 1. The Morgan fingerprint density at radius 3 is 2.06 bits per heavy atom. The summed E-state index contributed by atoms with van der Waals surface area (Å²) in [6.45, 7) is 14.0. The first kappa shape index (κ1) is 23.9. The van der Waals surface area contributed by atoms with E-state index in [1.165, 1.54) is 32.1 Å². The maximum atomic E-state index is 2.93. The molecule has 0 nitrogen and oxygen atoms in total. The van der Waals surface area contributed by atoms with E-state index >= 15 is 0 Å². The van der Waals surface area contributed by atoms with Gasteiger partial charge < -0.3 is 0 Å². The van der Waals surface area contributed by atoms with Crippen molar-refractivity contribution < 1.29 is 0 Å². The summed E-state index contributed by atoms with van der Waals surface area (Å²) < 4.78 is 0. The van der Waals surface area contributed by atoms with Crippen LogP contribution in [0.15, 0.2) is 0 Å². The van der Waals surface area contributed by atoms with Gasteiger partial charge in [0.15, 0.2) is 0 Å². The third-order valence-electron chi connectivity index (χ3n) is 13.2. The molecule has 188 valence electrons. The second-order valence-corrected chi connectivity index (χ2v) is 21.2. The van der Waals surface area contributed by atoms with Gasteiger partial charge in [-0.15, -0.1) is 0 Å². The Labute approximate surface area is 211 Å².